The van der Waals surface area contributed by atoms with Crippen molar-refractivity contribution >= 4 is 5.82 Å². The summed E-state index contributed by atoms with van der Waals surface area (Å²) < 4.78 is 20.1. The molecule has 2 aliphatic rings. The number of phenols is 1. The number of hydrogen-bond donors (Lipinski definition) is 2. The van der Waals surface area contributed by atoms with Crippen LogP contribution in [0.15, 0.2) is 12.1 Å². The van der Waals surface area contributed by atoms with Gasteiger partial charge in [0.2, 0.25) is 0 Å². The van der Waals surface area contributed by atoms with Crippen molar-refractivity contribution in [2.45, 2.75) is 39.0 Å². The van der Waals surface area contributed by atoms with E-state index in [4.69, 9.17) is 4.74 Å². The summed E-state index contributed by atoms with van der Waals surface area (Å²) >= 11 is 0. The molecule has 1 saturated heterocycles. The summed E-state index contributed by atoms with van der Waals surface area (Å²) in [5.41, 5.74) is 2.81. The summed E-state index contributed by atoms with van der Waals surface area (Å²) in [6.45, 7) is 4.55. The van der Waals surface area contributed by atoms with Gasteiger partial charge in [-0.1, -0.05) is 0 Å². The molecule has 26 heavy (non-hydrogen) atoms. The van der Waals surface area contributed by atoms with E-state index in [0.717, 1.165) is 37.1 Å². The fraction of sp³-hybridized carbons (Fsp3) is 0.474. The first kappa shape index (κ1) is 17.2. The molecule has 0 bridgehead atoms. The Bertz CT molecular complexity index is 820. The molecule has 1 atom stereocenters. The quantitative estimate of drug-likeness (QED) is 0.879. The Morgan fingerprint density at radius 2 is 2.08 bits per heavy atom. The number of benzene rings is 1. The summed E-state index contributed by atoms with van der Waals surface area (Å²) in [5.74, 6) is 0.0783. The number of aromatic hydroxyl groups is 1. The fourth-order valence-electron chi connectivity index (χ4n) is 3.83. The van der Waals surface area contributed by atoms with Crippen LogP contribution in [0.1, 0.15) is 29.5 Å². The van der Waals surface area contributed by atoms with E-state index in [-0.39, 0.29) is 11.3 Å². The molecule has 2 aliphatic heterocycles. The van der Waals surface area contributed by atoms with Gasteiger partial charge in [-0.3, -0.25) is 0 Å². The molecule has 4 rings (SSSR count). The first-order chi connectivity index (χ1) is 12.5. The van der Waals surface area contributed by atoms with E-state index in [9.17, 15) is 9.50 Å². The smallest absolute Gasteiger partial charge is 0.154 e. The van der Waals surface area contributed by atoms with Crippen molar-refractivity contribution in [3.8, 4) is 17.0 Å². The highest BCUT2D eigenvalue weighted by atomic mass is 19.1. The van der Waals surface area contributed by atoms with Crippen LogP contribution in [-0.2, 0) is 18.0 Å². The van der Waals surface area contributed by atoms with Gasteiger partial charge < -0.3 is 20.1 Å². The number of halogens is 1. The molecule has 1 aromatic carbocycles. The van der Waals surface area contributed by atoms with Crippen molar-refractivity contribution in [1.82, 2.24) is 15.1 Å². The minimum atomic E-state index is -0.500. The second kappa shape index (κ2) is 6.81. The first-order valence-electron chi connectivity index (χ1n) is 8.93. The average Bonchev–Trinajstić information content (AvgIpc) is 3.06. The van der Waals surface area contributed by atoms with E-state index in [0.29, 0.717) is 36.3 Å². The van der Waals surface area contributed by atoms with Crippen LogP contribution in [0, 0.1) is 12.7 Å². The Morgan fingerprint density at radius 1 is 1.27 bits per heavy atom. The summed E-state index contributed by atoms with van der Waals surface area (Å²) in [4.78, 5) is 2.29. The van der Waals surface area contributed by atoms with Gasteiger partial charge in [0.05, 0.1) is 18.8 Å². The van der Waals surface area contributed by atoms with Gasteiger partial charge in [-0.05, 0) is 51.1 Å². The molecule has 3 heterocycles. The van der Waals surface area contributed by atoms with E-state index in [1.807, 2.05) is 0 Å². The molecule has 2 N–H and O–H groups in total. The summed E-state index contributed by atoms with van der Waals surface area (Å²) in [6, 6.07) is 3.23. The first-order valence-corrected chi connectivity index (χ1v) is 8.93. The van der Waals surface area contributed by atoms with Gasteiger partial charge in [0, 0.05) is 23.7 Å². The zero-order valence-electron chi connectivity index (χ0n) is 15.0. The SMILES string of the molecule is Cc1cc(O)c(-c2nnc(N[C@@H]3CCCN(C)C3)c3c2COC3)c(F)c1. The highest BCUT2D eigenvalue weighted by Crippen LogP contribution is 2.38. The standard InChI is InChI=1S/C19H23FN4O2/c1-11-6-15(20)17(16(25)7-11)18-13-9-26-10-14(13)19(23-22-18)21-12-4-3-5-24(2)8-12/h6-7,12,25H,3-5,8-10H2,1-2H3,(H,21,23)/t12-/m1/s1. The van der Waals surface area contributed by atoms with Crippen LogP contribution < -0.4 is 5.32 Å². The summed E-state index contributed by atoms with van der Waals surface area (Å²) in [7, 11) is 2.11. The Morgan fingerprint density at radius 3 is 2.85 bits per heavy atom. The van der Waals surface area contributed by atoms with E-state index in [1.165, 1.54) is 12.1 Å². The molecular formula is C19H23FN4O2. The van der Waals surface area contributed by atoms with Gasteiger partial charge in [0.1, 0.15) is 17.3 Å². The van der Waals surface area contributed by atoms with Crippen LogP contribution >= 0.6 is 0 Å². The third-order valence-corrected chi connectivity index (χ3v) is 5.09. The van der Waals surface area contributed by atoms with E-state index in [2.05, 4.69) is 27.5 Å². The van der Waals surface area contributed by atoms with Crippen molar-refractivity contribution in [3.05, 3.63) is 34.6 Å². The molecule has 0 amide bonds. The number of rotatable bonds is 3. The number of likely N-dealkylation sites (N-methyl/N-ethyl adjacent to an activating group) is 1. The topological polar surface area (TPSA) is 70.5 Å². The number of nitrogens with zero attached hydrogens (tertiary/aromatic N) is 3. The van der Waals surface area contributed by atoms with Crippen molar-refractivity contribution in [3.63, 3.8) is 0 Å². The number of aryl methyl sites for hydroxylation is 1. The molecule has 0 spiro atoms. The van der Waals surface area contributed by atoms with Crippen LogP contribution in [0.3, 0.4) is 0 Å². The second-order valence-corrected chi connectivity index (χ2v) is 7.23. The molecule has 1 fully saturated rings. The number of phenolic OH excluding ortho intramolecular Hbond substituents is 1. The maximum Gasteiger partial charge on any atom is 0.154 e. The number of hydrogen-bond acceptors (Lipinski definition) is 6. The number of anilines is 1. The molecule has 0 radical (unpaired) electrons. The zero-order valence-corrected chi connectivity index (χ0v) is 15.0. The molecule has 1 aromatic heterocycles. The van der Waals surface area contributed by atoms with E-state index in [1.54, 1.807) is 6.92 Å². The third-order valence-electron chi connectivity index (χ3n) is 5.09. The van der Waals surface area contributed by atoms with Gasteiger partial charge in [-0.25, -0.2) is 4.39 Å². The fourth-order valence-corrected chi connectivity index (χ4v) is 3.83. The van der Waals surface area contributed by atoms with Gasteiger partial charge in [0.15, 0.2) is 5.82 Å². The molecule has 2 aromatic rings. The Balaban J connectivity index is 1.71. The number of aromatic nitrogens is 2. The highest BCUT2D eigenvalue weighted by molar-refractivity contribution is 5.73. The molecule has 7 heteroatoms. The normalized spacial score (nSPS) is 20.2. The van der Waals surface area contributed by atoms with Gasteiger partial charge in [0.25, 0.3) is 0 Å². The second-order valence-electron chi connectivity index (χ2n) is 7.23. The van der Waals surface area contributed by atoms with Crippen molar-refractivity contribution in [2.24, 2.45) is 0 Å². The summed E-state index contributed by atoms with van der Waals surface area (Å²) in [5, 5.41) is 22.3. The van der Waals surface area contributed by atoms with E-state index < -0.39 is 5.82 Å². The number of ether oxygens (including phenoxy) is 1. The molecule has 138 valence electrons. The molecule has 0 unspecified atom stereocenters. The average molecular weight is 358 g/mol. The van der Waals surface area contributed by atoms with Crippen LogP contribution in [0.4, 0.5) is 10.2 Å². The van der Waals surface area contributed by atoms with Gasteiger partial charge in [-0.15, -0.1) is 10.2 Å². The largest absolute Gasteiger partial charge is 0.507 e. The lowest BCUT2D eigenvalue weighted by atomic mass is 10.0. The van der Waals surface area contributed by atoms with Crippen molar-refractivity contribution < 1.29 is 14.2 Å². The van der Waals surface area contributed by atoms with Crippen molar-refractivity contribution in [2.75, 3.05) is 25.5 Å². The maximum absolute atomic E-state index is 14.5. The monoisotopic (exact) mass is 358 g/mol. The predicted octanol–water partition coefficient (Wildman–Crippen LogP) is 2.83. The lowest BCUT2D eigenvalue weighted by Gasteiger charge is -2.30. The Hall–Kier alpha value is -2.25. The Labute approximate surface area is 152 Å². The highest BCUT2D eigenvalue weighted by Gasteiger charge is 2.27. The number of piperidine rings is 1. The molecular weight excluding hydrogens is 335 g/mol. The number of fused-ring (bicyclic) bond motifs is 1. The minimum absolute atomic E-state index is 0.0915. The van der Waals surface area contributed by atoms with Crippen LogP contribution in [0.25, 0.3) is 11.3 Å². The van der Waals surface area contributed by atoms with Crippen LogP contribution in [0.2, 0.25) is 0 Å². The number of likely N-dealkylation sites (tertiary alicyclic amines) is 1. The third kappa shape index (κ3) is 3.12. The lowest BCUT2D eigenvalue weighted by Crippen LogP contribution is -2.40. The van der Waals surface area contributed by atoms with Crippen LogP contribution in [-0.4, -0.2) is 46.4 Å². The lowest BCUT2D eigenvalue weighted by molar-refractivity contribution is 0.134. The van der Waals surface area contributed by atoms with Crippen LogP contribution in [0.5, 0.6) is 5.75 Å². The molecule has 0 saturated carbocycles. The number of nitrogens with one attached hydrogen (secondary N) is 1. The molecule has 0 aliphatic carbocycles. The summed E-state index contributed by atoms with van der Waals surface area (Å²) in [6.07, 6.45) is 2.22. The van der Waals surface area contributed by atoms with E-state index >= 15 is 0 Å². The Kier molecular flexibility index (Phi) is 4.50. The maximum atomic E-state index is 14.5. The zero-order chi connectivity index (χ0) is 18.3. The minimum Gasteiger partial charge on any atom is -0.507 e. The van der Waals surface area contributed by atoms with Gasteiger partial charge >= 0.3 is 0 Å². The molecule has 6 nitrogen and oxygen atoms in total. The predicted molar refractivity (Wildman–Crippen MR) is 96.5 cm³/mol. The van der Waals surface area contributed by atoms with Crippen molar-refractivity contribution in [1.29, 1.82) is 0 Å². The van der Waals surface area contributed by atoms with Gasteiger partial charge in [-0.2, -0.15) is 0 Å².